The van der Waals surface area contributed by atoms with Gasteiger partial charge in [-0.3, -0.25) is 9.89 Å². The van der Waals surface area contributed by atoms with Crippen LogP contribution in [0.2, 0.25) is 0 Å². The molecule has 0 bridgehead atoms. The zero-order valence-corrected chi connectivity index (χ0v) is 17.0. The maximum absolute atomic E-state index is 11.9. The fourth-order valence-electron chi connectivity index (χ4n) is 2.20. The molecule has 9 heteroatoms. The summed E-state index contributed by atoms with van der Waals surface area (Å²) in [6.45, 7) is 6.49. The average molecular weight is 404 g/mol. The number of amides is 1. The van der Waals surface area contributed by atoms with Gasteiger partial charge in [-0.1, -0.05) is 37.7 Å². The number of anilines is 1. The largest absolute Gasteiger partial charge is 0.486 e. The van der Waals surface area contributed by atoms with Gasteiger partial charge in [-0.05, 0) is 30.5 Å². The van der Waals surface area contributed by atoms with Crippen LogP contribution in [-0.2, 0) is 11.4 Å². The Morgan fingerprint density at radius 2 is 2.07 bits per heavy atom. The van der Waals surface area contributed by atoms with Crippen molar-refractivity contribution >= 4 is 34.1 Å². The van der Waals surface area contributed by atoms with Crippen LogP contribution in [-0.4, -0.2) is 31.8 Å². The maximum Gasteiger partial charge on any atom is 0.236 e. The van der Waals surface area contributed by atoms with Gasteiger partial charge in [-0.2, -0.15) is 0 Å². The van der Waals surface area contributed by atoms with Crippen molar-refractivity contribution in [1.82, 2.24) is 20.2 Å². The molecule has 3 aromatic rings. The van der Waals surface area contributed by atoms with Crippen LogP contribution in [0.3, 0.4) is 0 Å². The number of aromatic nitrogens is 4. The Kier molecular flexibility index (Phi) is 6.46. The van der Waals surface area contributed by atoms with E-state index in [2.05, 4.69) is 51.5 Å². The molecule has 0 radical (unpaired) electrons. The van der Waals surface area contributed by atoms with Crippen molar-refractivity contribution < 1.29 is 9.53 Å². The zero-order chi connectivity index (χ0) is 19.2. The summed E-state index contributed by atoms with van der Waals surface area (Å²) in [5.41, 5.74) is 2.16. The lowest BCUT2D eigenvalue weighted by atomic mass is 10.0. The van der Waals surface area contributed by atoms with Gasteiger partial charge in [0.15, 0.2) is 11.0 Å². The van der Waals surface area contributed by atoms with E-state index in [-0.39, 0.29) is 11.7 Å². The number of ether oxygens (including phenoxy) is 1. The predicted octanol–water partition coefficient (Wildman–Crippen LogP) is 4.00. The Balaban J connectivity index is 1.44. The molecule has 0 aliphatic heterocycles. The molecule has 0 unspecified atom stereocenters. The van der Waals surface area contributed by atoms with Crippen LogP contribution in [0.5, 0.6) is 5.75 Å². The van der Waals surface area contributed by atoms with Gasteiger partial charge in [-0.25, -0.2) is 9.97 Å². The molecule has 0 aliphatic rings. The zero-order valence-electron chi connectivity index (χ0n) is 15.4. The molecular weight excluding hydrogens is 382 g/mol. The van der Waals surface area contributed by atoms with Crippen LogP contribution in [0.1, 0.15) is 36.8 Å². The Morgan fingerprint density at radius 1 is 1.30 bits per heavy atom. The van der Waals surface area contributed by atoms with Crippen molar-refractivity contribution in [3.05, 3.63) is 46.7 Å². The van der Waals surface area contributed by atoms with Gasteiger partial charge in [0.05, 0.1) is 11.4 Å². The van der Waals surface area contributed by atoms with Crippen LogP contribution in [0.4, 0.5) is 5.13 Å². The molecule has 0 saturated carbocycles. The first-order valence-electron chi connectivity index (χ1n) is 8.48. The number of H-pyrrole nitrogens is 1. The van der Waals surface area contributed by atoms with Crippen LogP contribution < -0.4 is 10.1 Å². The Morgan fingerprint density at radius 3 is 2.74 bits per heavy atom. The fourth-order valence-corrected chi connectivity index (χ4v) is 3.53. The van der Waals surface area contributed by atoms with Crippen molar-refractivity contribution in [2.45, 2.75) is 38.5 Å². The van der Waals surface area contributed by atoms with Crippen molar-refractivity contribution in [2.75, 3.05) is 11.1 Å². The monoisotopic (exact) mass is 403 g/mol. The number of thioether (sulfide) groups is 1. The minimum Gasteiger partial charge on any atom is -0.486 e. The fraction of sp³-hybridized carbons (Fsp3) is 0.333. The number of nitrogens with one attached hydrogen (secondary N) is 2. The minimum atomic E-state index is -0.137. The number of benzene rings is 1. The highest BCUT2D eigenvalue weighted by atomic mass is 32.2. The second kappa shape index (κ2) is 9.01. The Hall–Kier alpha value is -2.39. The van der Waals surface area contributed by atoms with Gasteiger partial charge in [0.1, 0.15) is 12.4 Å². The third-order valence-corrected chi connectivity index (χ3v) is 5.35. The first-order valence-corrected chi connectivity index (χ1v) is 10.3. The van der Waals surface area contributed by atoms with E-state index >= 15 is 0 Å². The summed E-state index contributed by atoms with van der Waals surface area (Å²) in [6.07, 6.45) is 0. The van der Waals surface area contributed by atoms with Crippen LogP contribution in [0.15, 0.2) is 34.8 Å². The van der Waals surface area contributed by atoms with E-state index in [0.717, 1.165) is 11.4 Å². The highest BCUT2D eigenvalue weighted by Crippen LogP contribution is 2.20. The molecule has 1 aromatic carbocycles. The van der Waals surface area contributed by atoms with Crippen molar-refractivity contribution in [3.63, 3.8) is 0 Å². The second-order valence-corrected chi connectivity index (χ2v) is 8.01. The third kappa shape index (κ3) is 5.80. The minimum absolute atomic E-state index is 0.137. The number of aryl methyl sites for hydroxylation is 1. The lowest BCUT2D eigenvalue weighted by molar-refractivity contribution is -0.113. The lowest BCUT2D eigenvalue weighted by Crippen LogP contribution is -2.13. The number of thiazole rings is 1. The highest BCUT2D eigenvalue weighted by Gasteiger charge is 2.10. The van der Waals surface area contributed by atoms with E-state index in [0.29, 0.717) is 28.6 Å². The van der Waals surface area contributed by atoms with Gasteiger partial charge >= 0.3 is 0 Å². The summed E-state index contributed by atoms with van der Waals surface area (Å²) >= 11 is 2.66. The van der Waals surface area contributed by atoms with E-state index in [1.165, 1.54) is 28.7 Å². The topological polar surface area (TPSA) is 92.8 Å². The van der Waals surface area contributed by atoms with E-state index < -0.39 is 0 Å². The predicted molar refractivity (Wildman–Crippen MR) is 107 cm³/mol. The number of nitrogens with zero attached hydrogens (tertiary/aromatic N) is 3. The van der Waals surface area contributed by atoms with E-state index in [4.69, 9.17) is 4.74 Å². The van der Waals surface area contributed by atoms with Gasteiger partial charge < -0.3 is 10.1 Å². The standard InChI is InChI=1S/C18H21N5O2S2/c1-11(2)13-4-6-14(7-5-13)25-8-15-20-18(23-22-15)27-10-16(24)21-17-19-12(3)9-26-17/h4-7,9,11H,8,10H2,1-3H3,(H,19,21,24)(H,20,22,23). The molecule has 0 saturated heterocycles. The summed E-state index contributed by atoms with van der Waals surface area (Å²) in [5.74, 6) is 1.96. The normalized spacial score (nSPS) is 11.0. The summed E-state index contributed by atoms with van der Waals surface area (Å²) in [5, 5.41) is 12.7. The molecule has 2 aromatic heterocycles. The summed E-state index contributed by atoms with van der Waals surface area (Å²) in [4.78, 5) is 20.5. The first-order chi connectivity index (χ1) is 13.0. The van der Waals surface area contributed by atoms with Crippen LogP contribution in [0.25, 0.3) is 0 Å². The lowest BCUT2D eigenvalue weighted by Gasteiger charge is -2.07. The average Bonchev–Trinajstić information content (AvgIpc) is 3.27. The number of carbonyl (C=O) groups is 1. The summed E-state index contributed by atoms with van der Waals surface area (Å²) in [6, 6.07) is 8.02. The summed E-state index contributed by atoms with van der Waals surface area (Å²) < 4.78 is 5.72. The van der Waals surface area contributed by atoms with Crippen LogP contribution >= 0.6 is 23.1 Å². The number of hydrogen-bond donors (Lipinski definition) is 2. The first kappa shape index (κ1) is 19.4. The van der Waals surface area contributed by atoms with Gasteiger partial charge in [-0.15, -0.1) is 16.4 Å². The van der Waals surface area contributed by atoms with Crippen LogP contribution in [0, 0.1) is 6.92 Å². The van der Waals surface area contributed by atoms with Gasteiger partial charge in [0.25, 0.3) is 0 Å². The van der Waals surface area contributed by atoms with E-state index in [1.54, 1.807) is 0 Å². The molecule has 0 aliphatic carbocycles. The molecule has 0 atom stereocenters. The smallest absolute Gasteiger partial charge is 0.236 e. The van der Waals surface area contributed by atoms with E-state index in [1.807, 2.05) is 24.4 Å². The molecule has 7 nitrogen and oxygen atoms in total. The summed E-state index contributed by atoms with van der Waals surface area (Å²) in [7, 11) is 0. The second-order valence-electron chi connectivity index (χ2n) is 6.21. The van der Waals surface area contributed by atoms with Crippen molar-refractivity contribution in [3.8, 4) is 5.75 Å². The molecule has 3 rings (SSSR count). The Labute approximate surface area is 166 Å². The molecular formula is C18H21N5O2S2. The number of rotatable bonds is 8. The van der Waals surface area contributed by atoms with E-state index in [9.17, 15) is 4.79 Å². The quantitative estimate of drug-likeness (QED) is 0.552. The molecule has 2 N–H and O–H groups in total. The number of carbonyl (C=O) groups excluding carboxylic acids is 1. The highest BCUT2D eigenvalue weighted by molar-refractivity contribution is 7.99. The van der Waals surface area contributed by atoms with Gasteiger partial charge in [0, 0.05) is 5.38 Å². The number of hydrogen-bond acceptors (Lipinski definition) is 7. The molecule has 0 spiro atoms. The molecule has 0 fully saturated rings. The molecule has 142 valence electrons. The Bertz CT molecular complexity index is 889. The number of aromatic amines is 1. The molecule has 1 amide bonds. The maximum atomic E-state index is 11.9. The van der Waals surface area contributed by atoms with Gasteiger partial charge in [0.2, 0.25) is 11.1 Å². The SMILES string of the molecule is Cc1csc(NC(=O)CSc2n[nH]c(COc3ccc(C(C)C)cc3)n2)n1. The van der Waals surface area contributed by atoms with Crippen molar-refractivity contribution in [1.29, 1.82) is 0 Å². The molecule has 27 heavy (non-hydrogen) atoms. The third-order valence-electron chi connectivity index (χ3n) is 3.63. The van der Waals surface area contributed by atoms with Crippen molar-refractivity contribution in [2.24, 2.45) is 0 Å². The molecule has 2 heterocycles.